The third-order valence-electron chi connectivity index (χ3n) is 5.31. The average Bonchev–Trinajstić information content (AvgIpc) is 2.74. The molecule has 1 aliphatic rings. The maximum absolute atomic E-state index is 12.8. The number of anilines is 1. The molecule has 0 bridgehead atoms. The molecule has 144 valence electrons. The number of halogens is 1. The van der Waals surface area contributed by atoms with Crippen molar-refractivity contribution in [1.29, 1.82) is 0 Å². The number of hydrogen-bond acceptors (Lipinski definition) is 4. The van der Waals surface area contributed by atoms with E-state index in [1.807, 2.05) is 47.6 Å². The van der Waals surface area contributed by atoms with Crippen LogP contribution in [-0.2, 0) is 4.79 Å². The molecule has 1 fully saturated rings. The van der Waals surface area contributed by atoms with Crippen molar-refractivity contribution in [3.05, 3.63) is 71.0 Å². The first-order valence-corrected chi connectivity index (χ1v) is 10.3. The van der Waals surface area contributed by atoms with E-state index in [0.29, 0.717) is 6.04 Å². The van der Waals surface area contributed by atoms with E-state index < -0.39 is 6.04 Å². The molecule has 2 heterocycles. The highest BCUT2D eigenvalue weighted by Gasteiger charge is 2.27. The molecule has 1 aromatic heterocycles. The molecular formula is C22H23BrN4O. The van der Waals surface area contributed by atoms with Crippen molar-refractivity contribution < 1.29 is 4.79 Å². The van der Waals surface area contributed by atoms with E-state index in [0.717, 1.165) is 47.0 Å². The fourth-order valence-electron chi connectivity index (χ4n) is 3.66. The lowest BCUT2D eigenvalue weighted by Crippen LogP contribution is -2.45. The zero-order chi connectivity index (χ0) is 19.5. The van der Waals surface area contributed by atoms with E-state index in [1.165, 1.54) is 5.39 Å². The molecule has 6 heteroatoms. The number of amides is 1. The third kappa shape index (κ3) is 4.18. The maximum atomic E-state index is 12.8. The van der Waals surface area contributed by atoms with Gasteiger partial charge in [-0.2, -0.15) is 0 Å². The van der Waals surface area contributed by atoms with Crippen molar-refractivity contribution in [3.63, 3.8) is 0 Å². The summed E-state index contributed by atoms with van der Waals surface area (Å²) in [6.45, 7) is 1.44. The molecule has 3 aromatic rings. The van der Waals surface area contributed by atoms with Gasteiger partial charge in [-0.05, 0) is 54.1 Å². The number of nitrogens with two attached hydrogens (primary N) is 1. The summed E-state index contributed by atoms with van der Waals surface area (Å²) in [7, 11) is 0. The van der Waals surface area contributed by atoms with Crippen molar-refractivity contribution in [2.24, 2.45) is 5.73 Å². The number of aromatic nitrogens is 1. The van der Waals surface area contributed by atoms with Gasteiger partial charge >= 0.3 is 0 Å². The molecule has 28 heavy (non-hydrogen) atoms. The third-order valence-corrected chi connectivity index (χ3v) is 5.84. The smallest absolute Gasteiger partial charge is 0.244 e. The Kier molecular flexibility index (Phi) is 5.59. The minimum atomic E-state index is -0.605. The van der Waals surface area contributed by atoms with E-state index in [-0.39, 0.29) is 5.91 Å². The topological polar surface area (TPSA) is 71.2 Å². The molecule has 1 atom stereocenters. The first kappa shape index (κ1) is 18.9. The summed E-state index contributed by atoms with van der Waals surface area (Å²) in [6, 6.07) is 15.7. The number of nitrogens with zero attached hydrogens (tertiary/aromatic N) is 2. The zero-order valence-electron chi connectivity index (χ0n) is 15.5. The fourth-order valence-corrected chi connectivity index (χ4v) is 3.93. The number of likely N-dealkylation sites (tertiary alicyclic amines) is 1. The number of rotatable bonds is 4. The van der Waals surface area contributed by atoms with Gasteiger partial charge in [-0.3, -0.25) is 9.78 Å². The number of fused-ring (bicyclic) bond motifs is 1. The number of benzene rings is 2. The number of carbonyl (C=O) groups excluding carboxylic acids is 1. The lowest BCUT2D eigenvalue weighted by molar-refractivity contribution is -0.133. The molecule has 0 radical (unpaired) electrons. The summed E-state index contributed by atoms with van der Waals surface area (Å²) < 4.78 is 0.979. The van der Waals surface area contributed by atoms with Gasteiger partial charge in [-0.1, -0.05) is 34.1 Å². The fraction of sp³-hybridized carbons (Fsp3) is 0.273. The standard InChI is InChI=1S/C22H23BrN4O/c23-18-4-1-15(2-5-18)21(24)22(28)27-11-8-19(9-12-27)26-20-6-3-17-14-25-10-7-16(17)13-20/h1-7,10,13-14,19,21,26H,8-9,11-12,24H2. The SMILES string of the molecule is NC(C(=O)N1CCC(Nc2ccc3cnccc3c2)CC1)c1ccc(Br)cc1. The van der Waals surface area contributed by atoms with E-state index in [9.17, 15) is 4.79 Å². The Bertz CT molecular complexity index is 968. The van der Waals surface area contributed by atoms with Crippen molar-refractivity contribution in [2.75, 3.05) is 18.4 Å². The highest BCUT2D eigenvalue weighted by atomic mass is 79.9. The van der Waals surface area contributed by atoms with E-state index in [1.54, 1.807) is 0 Å². The minimum absolute atomic E-state index is 0.000947. The molecule has 1 unspecified atom stereocenters. The summed E-state index contributed by atoms with van der Waals surface area (Å²) in [5, 5.41) is 5.91. The van der Waals surface area contributed by atoms with Crippen LogP contribution < -0.4 is 11.1 Å². The van der Waals surface area contributed by atoms with Crippen LogP contribution >= 0.6 is 15.9 Å². The Morgan fingerprint density at radius 1 is 1.11 bits per heavy atom. The lowest BCUT2D eigenvalue weighted by Gasteiger charge is -2.34. The number of piperidine rings is 1. The summed E-state index contributed by atoms with van der Waals surface area (Å²) in [4.78, 5) is 18.8. The number of nitrogens with one attached hydrogen (secondary N) is 1. The molecule has 0 spiro atoms. The molecule has 1 amide bonds. The number of hydrogen-bond donors (Lipinski definition) is 2. The molecule has 2 aromatic carbocycles. The summed E-state index contributed by atoms with van der Waals surface area (Å²) >= 11 is 3.41. The number of pyridine rings is 1. The summed E-state index contributed by atoms with van der Waals surface area (Å²) in [5.74, 6) is -0.000947. The van der Waals surface area contributed by atoms with Crippen LogP contribution in [0.1, 0.15) is 24.4 Å². The van der Waals surface area contributed by atoms with Gasteiger partial charge in [0.2, 0.25) is 5.91 Å². The highest BCUT2D eigenvalue weighted by Crippen LogP contribution is 2.23. The monoisotopic (exact) mass is 438 g/mol. The average molecular weight is 439 g/mol. The minimum Gasteiger partial charge on any atom is -0.382 e. The summed E-state index contributed by atoms with van der Waals surface area (Å²) in [6.07, 6.45) is 5.50. The second kappa shape index (κ2) is 8.29. The first-order valence-electron chi connectivity index (χ1n) is 9.50. The highest BCUT2D eigenvalue weighted by molar-refractivity contribution is 9.10. The van der Waals surface area contributed by atoms with E-state index in [4.69, 9.17) is 5.73 Å². The maximum Gasteiger partial charge on any atom is 0.244 e. The Balaban J connectivity index is 1.34. The van der Waals surface area contributed by atoms with Crippen LogP contribution in [0.2, 0.25) is 0 Å². The normalized spacial score (nSPS) is 16.1. The van der Waals surface area contributed by atoms with Gasteiger partial charge in [0.1, 0.15) is 6.04 Å². The Morgan fingerprint density at radius 3 is 2.61 bits per heavy atom. The van der Waals surface area contributed by atoms with Crippen molar-refractivity contribution in [3.8, 4) is 0 Å². The van der Waals surface area contributed by atoms with Gasteiger partial charge in [-0.25, -0.2) is 0 Å². The van der Waals surface area contributed by atoms with Crippen LogP contribution in [0.25, 0.3) is 10.8 Å². The molecule has 1 saturated heterocycles. The van der Waals surface area contributed by atoms with Crippen LogP contribution in [0.5, 0.6) is 0 Å². The van der Waals surface area contributed by atoms with E-state index >= 15 is 0 Å². The first-order chi connectivity index (χ1) is 13.6. The van der Waals surface area contributed by atoms with Gasteiger partial charge in [0.05, 0.1) is 0 Å². The largest absolute Gasteiger partial charge is 0.382 e. The number of carbonyl (C=O) groups is 1. The Hall–Kier alpha value is -2.44. The molecule has 4 rings (SSSR count). The van der Waals surface area contributed by atoms with Crippen molar-refractivity contribution >= 4 is 38.3 Å². The van der Waals surface area contributed by atoms with Crippen LogP contribution in [0.3, 0.4) is 0 Å². The quantitative estimate of drug-likeness (QED) is 0.642. The molecule has 1 aliphatic heterocycles. The second-order valence-electron chi connectivity index (χ2n) is 7.21. The molecule has 0 saturated carbocycles. The van der Waals surface area contributed by atoms with Crippen LogP contribution in [0.15, 0.2) is 65.4 Å². The van der Waals surface area contributed by atoms with Crippen LogP contribution in [0.4, 0.5) is 5.69 Å². The van der Waals surface area contributed by atoms with Crippen LogP contribution in [0, 0.1) is 0 Å². The predicted molar refractivity (Wildman–Crippen MR) is 116 cm³/mol. The predicted octanol–water partition coefficient (Wildman–Crippen LogP) is 4.10. The molecule has 5 nitrogen and oxygen atoms in total. The van der Waals surface area contributed by atoms with Gasteiger partial charge < -0.3 is 16.0 Å². The van der Waals surface area contributed by atoms with Crippen molar-refractivity contribution in [1.82, 2.24) is 9.88 Å². The van der Waals surface area contributed by atoms with Gasteiger partial charge in [-0.15, -0.1) is 0 Å². The Labute approximate surface area is 173 Å². The zero-order valence-corrected chi connectivity index (χ0v) is 17.1. The summed E-state index contributed by atoms with van der Waals surface area (Å²) in [5.41, 5.74) is 8.16. The molecule has 3 N–H and O–H groups in total. The Morgan fingerprint density at radius 2 is 1.86 bits per heavy atom. The lowest BCUT2D eigenvalue weighted by atomic mass is 10.0. The van der Waals surface area contributed by atoms with Gasteiger partial charge in [0, 0.05) is 47.1 Å². The molecular weight excluding hydrogens is 416 g/mol. The molecule has 0 aliphatic carbocycles. The van der Waals surface area contributed by atoms with Gasteiger partial charge in [0.25, 0.3) is 0 Å². The van der Waals surface area contributed by atoms with Crippen molar-refractivity contribution in [2.45, 2.75) is 24.9 Å². The van der Waals surface area contributed by atoms with Gasteiger partial charge in [0.15, 0.2) is 0 Å². The van der Waals surface area contributed by atoms with E-state index in [2.05, 4.69) is 44.4 Å². The van der Waals surface area contributed by atoms with Crippen LogP contribution in [-0.4, -0.2) is 34.9 Å². The second-order valence-corrected chi connectivity index (χ2v) is 8.13.